The Morgan fingerprint density at radius 1 is 1.14 bits per heavy atom. The molecule has 1 unspecified atom stereocenters. The highest BCUT2D eigenvalue weighted by atomic mass is 79.9. The molecule has 1 atom stereocenters. The molecule has 2 rings (SSSR count). The molecule has 0 fully saturated rings. The molecule has 118 valence electrons. The summed E-state index contributed by atoms with van der Waals surface area (Å²) in [4.78, 5) is 0.100. The van der Waals surface area contributed by atoms with Crippen molar-refractivity contribution in [2.24, 2.45) is 0 Å². The Labute approximate surface area is 147 Å². The molecule has 7 heteroatoms. The normalized spacial score (nSPS) is 12.9. The van der Waals surface area contributed by atoms with E-state index in [0.29, 0.717) is 10.2 Å². The highest BCUT2D eigenvalue weighted by molar-refractivity contribution is 9.10. The summed E-state index contributed by atoms with van der Waals surface area (Å²) in [6.07, 6.45) is 0. The minimum Gasteiger partial charge on any atom is -0.495 e. The van der Waals surface area contributed by atoms with Gasteiger partial charge in [0.25, 0.3) is 0 Å². The lowest BCUT2D eigenvalue weighted by Crippen LogP contribution is -2.27. The predicted octanol–water partition coefficient (Wildman–Crippen LogP) is 4.26. The van der Waals surface area contributed by atoms with E-state index < -0.39 is 10.0 Å². The number of hydrogen-bond acceptors (Lipinski definition) is 3. The summed E-state index contributed by atoms with van der Waals surface area (Å²) >= 11 is 6.72. The van der Waals surface area contributed by atoms with Gasteiger partial charge in [-0.15, -0.1) is 0 Å². The van der Waals surface area contributed by atoms with Crippen LogP contribution in [0.15, 0.2) is 56.3 Å². The van der Waals surface area contributed by atoms with E-state index in [-0.39, 0.29) is 10.9 Å². The van der Waals surface area contributed by atoms with E-state index in [2.05, 4.69) is 36.6 Å². The van der Waals surface area contributed by atoms with Gasteiger partial charge in [0, 0.05) is 15.0 Å². The standard InChI is InChI=1S/C15H15Br2NO3S/c1-10(12-5-3-4-6-13(12)17)18-22(19,20)15-9-11(16)7-8-14(15)21-2/h3-10,18H,1-2H3. The fraction of sp³-hybridized carbons (Fsp3) is 0.200. The smallest absolute Gasteiger partial charge is 0.244 e. The molecule has 0 saturated carbocycles. The number of sulfonamides is 1. The van der Waals surface area contributed by atoms with Crippen molar-refractivity contribution in [2.45, 2.75) is 17.9 Å². The zero-order valence-corrected chi connectivity index (χ0v) is 16.0. The van der Waals surface area contributed by atoms with Crippen LogP contribution < -0.4 is 9.46 Å². The molecule has 0 saturated heterocycles. The largest absolute Gasteiger partial charge is 0.495 e. The molecular weight excluding hydrogens is 434 g/mol. The minimum atomic E-state index is -3.72. The number of methoxy groups -OCH3 is 1. The van der Waals surface area contributed by atoms with Gasteiger partial charge < -0.3 is 4.74 Å². The van der Waals surface area contributed by atoms with Gasteiger partial charge in [0.1, 0.15) is 10.6 Å². The zero-order valence-electron chi connectivity index (χ0n) is 12.0. The zero-order chi connectivity index (χ0) is 16.3. The first kappa shape index (κ1) is 17.5. The fourth-order valence-electron chi connectivity index (χ4n) is 2.05. The van der Waals surface area contributed by atoms with Crippen LogP contribution >= 0.6 is 31.9 Å². The maximum absolute atomic E-state index is 12.6. The highest BCUT2D eigenvalue weighted by Crippen LogP contribution is 2.29. The Morgan fingerprint density at radius 2 is 1.82 bits per heavy atom. The van der Waals surface area contributed by atoms with Crippen LogP contribution in [0.1, 0.15) is 18.5 Å². The first-order valence-corrected chi connectivity index (χ1v) is 9.52. The van der Waals surface area contributed by atoms with E-state index in [1.807, 2.05) is 24.3 Å². The average Bonchev–Trinajstić information content (AvgIpc) is 2.47. The third-order valence-electron chi connectivity index (χ3n) is 3.12. The molecule has 0 aliphatic rings. The van der Waals surface area contributed by atoms with E-state index >= 15 is 0 Å². The quantitative estimate of drug-likeness (QED) is 0.743. The molecule has 0 aromatic heterocycles. The third kappa shape index (κ3) is 3.90. The second kappa shape index (κ2) is 7.12. The van der Waals surface area contributed by atoms with E-state index in [1.54, 1.807) is 19.1 Å². The average molecular weight is 449 g/mol. The number of benzene rings is 2. The summed E-state index contributed by atoms with van der Waals surface area (Å²) < 4.78 is 34.6. The molecule has 4 nitrogen and oxygen atoms in total. The van der Waals surface area contributed by atoms with Crippen LogP contribution in [0.2, 0.25) is 0 Å². The summed E-state index contributed by atoms with van der Waals surface area (Å²) in [5, 5.41) is 0. The Bertz CT molecular complexity index is 778. The number of halogens is 2. The van der Waals surface area contributed by atoms with Crippen molar-refractivity contribution in [1.29, 1.82) is 0 Å². The first-order chi connectivity index (χ1) is 10.3. The lowest BCUT2D eigenvalue weighted by Gasteiger charge is -2.17. The monoisotopic (exact) mass is 447 g/mol. The summed E-state index contributed by atoms with van der Waals surface area (Å²) in [6.45, 7) is 1.79. The molecule has 0 amide bonds. The van der Waals surface area contributed by atoms with Crippen LogP contribution in [-0.4, -0.2) is 15.5 Å². The van der Waals surface area contributed by atoms with Crippen molar-refractivity contribution in [2.75, 3.05) is 7.11 Å². The lowest BCUT2D eigenvalue weighted by atomic mass is 10.1. The van der Waals surface area contributed by atoms with Crippen LogP contribution in [0.5, 0.6) is 5.75 Å². The molecule has 2 aromatic rings. The van der Waals surface area contributed by atoms with Gasteiger partial charge in [-0.05, 0) is 36.8 Å². The van der Waals surface area contributed by atoms with Gasteiger partial charge in [0.15, 0.2) is 0 Å². The van der Waals surface area contributed by atoms with Crippen LogP contribution in [0.3, 0.4) is 0 Å². The molecule has 2 aromatic carbocycles. The molecule has 0 aliphatic heterocycles. The molecule has 1 N–H and O–H groups in total. The fourth-order valence-corrected chi connectivity index (χ4v) is 4.61. The summed E-state index contributed by atoms with van der Waals surface area (Å²) in [7, 11) is -2.27. The van der Waals surface area contributed by atoms with Gasteiger partial charge in [-0.2, -0.15) is 0 Å². The summed E-state index contributed by atoms with van der Waals surface area (Å²) in [5.74, 6) is 0.301. The summed E-state index contributed by atoms with van der Waals surface area (Å²) in [6, 6.07) is 12.0. The molecule has 22 heavy (non-hydrogen) atoms. The Morgan fingerprint density at radius 3 is 2.45 bits per heavy atom. The topological polar surface area (TPSA) is 55.4 Å². The molecule has 0 heterocycles. The second-order valence-corrected chi connectivity index (χ2v) is 8.11. The number of hydrogen-bond donors (Lipinski definition) is 1. The Kier molecular flexibility index (Phi) is 5.65. The summed E-state index contributed by atoms with van der Waals surface area (Å²) in [5.41, 5.74) is 0.861. The molecule has 0 radical (unpaired) electrons. The van der Waals surface area contributed by atoms with Gasteiger partial charge >= 0.3 is 0 Å². The number of ether oxygens (including phenoxy) is 1. The number of rotatable bonds is 5. The predicted molar refractivity (Wildman–Crippen MR) is 93.6 cm³/mol. The van der Waals surface area contributed by atoms with Crippen LogP contribution in [0.25, 0.3) is 0 Å². The van der Waals surface area contributed by atoms with Gasteiger partial charge in [-0.25, -0.2) is 13.1 Å². The van der Waals surface area contributed by atoms with E-state index in [4.69, 9.17) is 4.74 Å². The highest BCUT2D eigenvalue weighted by Gasteiger charge is 2.23. The van der Waals surface area contributed by atoms with Crippen LogP contribution in [0, 0.1) is 0 Å². The SMILES string of the molecule is COc1ccc(Br)cc1S(=O)(=O)NC(C)c1ccccc1Br. The van der Waals surface area contributed by atoms with E-state index in [0.717, 1.165) is 10.0 Å². The van der Waals surface area contributed by atoms with E-state index in [1.165, 1.54) is 13.2 Å². The van der Waals surface area contributed by atoms with Crippen molar-refractivity contribution in [3.63, 3.8) is 0 Å². The molecule has 0 spiro atoms. The first-order valence-electron chi connectivity index (χ1n) is 6.45. The maximum atomic E-state index is 12.6. The molecule has 0 bridgehead atoms. The van der Waals surface area contributed by atoms with Crippen molar-refractivity contribution < 1.29 is 13.2 Å². The van der Waals surface area contributed by atoms with Crippen molar-refractivity contribution in [3.8, 4) is 5.75 Å². The van der Waals surface area contributed by atoms with Crippen molar-refractivity contribution in [3.05, 3.63) is 57.0 Å². The minimum absolute atomic E-state index is 0.100. The second-order valence-electron chi connectivity index (χ2n) is 4.66. The van der Waals surface area contributed by atoms with Crippen LogP contribution in [-0.2, 0) is 10.0 Å². The molecular formula is C15H15Br2NO3S. The van der Waals surface area contributed by atoms with Gasteiger partial charge in [0.2, 0.25) is 10.0 Å². The third-order valence-corrected chi connectivity index (χ3v) is 5.90. The van der Waals surface area contributed by atoms with Gasteiger partial charge in [-0.1, -0.05) is 50.1 Å². The van der Waals surface area contributed by atoms with Crippen LogP contribution in [0.4, 0.5) is 0 Å². The van der Waals surface area contributed by atoms with Crippen molar-refractivity contribution in [1.82, 2.24) is 4.72 Å². The van der Waals surface area contributed by atoms with E-state index in [9.17, 15) is 8.42 Å². The lowest BCUT2D eigenvalue weighted by molar-refractivity contribution is 0.402. The maximum Gasteiger partial charge on any atom is 0.244 e. The van der Waals surface area contributed by atoms with Gasteiger partial charge in [-0.3, -0.25) is 0 Å². The Balaban J connectivity index is 2.36. The van der Waals surface area contributed by atoms with Gasteiger partial charge in [0.05, 0.1) is 7.11 Å². The van der Waals surface area contributed by atoms with Crippen molar-refractivity contribution >= 4 is 41.9 Å². The number of nitrogens with one attached hydrogen (secondary N) is 1. The Hall–Kier alpha value is -0.890. The molecule has 0 aliphatic carbocycles.